The molecule has 1 aliphatic heterocycles. The first-order chi connectivity index (χ1) is 33.1. The number of aromatic amines is 1. The molecule has 1 saturated heterocycles. The molecular formula is C45H75N15O9. The number of guanidine groups is 1. The van der Waals surface area contributed by atoms with Gasteiger partial charge in [0.25, 0.3) is 0 Å². The molecule has 6 atom stereocenters. The summed E-state index contributed by atoms with van der Waals surface area (Å²) in [4.78, 5) is 112. The van der Waals surface area contributed by atoms with E-state index in [1.54, 1.807) is 6.20 Å². The number of carbonyl (C=O) groups is 8. The number of H-pyrrole nitrogens is 1. The fourth-order valence-electron chi connectivity index (χ4n) is 8.03. The molecule has 0 aliphatic carbocycles. The molecule has 1 aromatic carbocycles. The predicted molar refractivity (Wildman–Crippen MR) is 259 cm³/mol. The van der Waals surface area contributed by atoms with E-state index in [9.17, 15) is 43.5 Å². The molecule has 3 rings (SSSR count). The van der Waals surface area contributed by atoms with Crippen LogP contribution in [0.1, 0.15) is 95.5 Å². The van der Waals surface area contributed by atoms with Crippen LogP contribution in [0.25, 0.3) is 10.9 Å². The number of unbranched alkanes of at least 4 members (excludes halogenated alkanes) is 3. The first-order valence-corrected chi connectivity index (χ1v) is 23.9. The highest BCUT2D eigenvalue weighted by Gasteiger charge is 2.36. The molecular weight excluding hydrogens is 895 g/mol. The number of nitrogens with one attached hydrogen (secondary N) is 9. The largest absolute Gasteiger partial charge is 0.480 e. The van der Waals surface area contributed by atoms with Crippen molar-refractivity contribution in [3.8, 4) is 0 Å². The molecule has 384 valence electrons. The van der Waals surface area contributed by atoms with E-state index in [-0.39, 0.29) is 64.1 Å². The predicted octanol–water partition coefficient (Wildman–Crippen LogP) is -2.67. The zero-order valence-electron chi connectivity index (χ0n) is 39.5. The molecule has 1 aliphatic rings. The van der Waals surface area contributed by atoms with Crippen molar-refractivity contribution in [2.75, 3.05) is 45.8 Å². The number of nitrogens with zero attached hydrogens (tertiary/aromatic N) is 1. The molecule has 2 aromatic rings. The Morgan fingerprint density at radius 1 is 0.681 bits per heavy atom. The lowest BCUT2D eigenvalue weighted by Gasteiger charge is -2.36. The van der Waals surface area contributed by atoms with Gasteiger partial charge >= 0.3 is 5.97 Å². The zero-order valence-corrected chi connectivity index (χ0v) is 39.5. The lowest BCUT2D eigenvalue weighted by atomic mass is 9.99. The highest BCUT2D eigenvalue weighted by atomic mass is 16.4. The van der Waals surface area contributed by atoms with Gasteiger partial charge in [-0.05, 0) is 121 Å². The Morgan fingerprint density at radius 3 is 1.84 bits per heavy atom. The van der Waals surface area contributed by atoms with E-state index in [1.165, 1.54) is 4.90 Å². The number of hydrogen-bond donors (Lipinski definition) is 15. The third-order valence-corrected chi connectivity index (χ3v) is 11.8. The van der Waals surface area contributed by atoms with Crippen LogP contribution in [0.4, 0.5) is 0 Å². The minimum atomic E-state index is -1.30. The van der Waals surface area contributed by atoms with E-state index in [1.807, 2.05) is 24.3 Å². The van der Waals surface area contributed by atoms with E-state index in [2.05, 4.69) is 42.2 Å². The summed E-state index contributed by atoms with van der Waals surface area (Å²) in [5.41, 5.74) is 29.3. The SMILES string of the molecule is N=C(N)NCCC[C@H](NC(=O)CN)C(=O)NCC(=O)N1CCCC[C@H]1C(=O)N[C@@H](CCCCN)C(=O)N[C@@H](Cc1c[nH]c2ccccc12)C(=O)N[C@@H](CCCCN)C(=O)N[C@@H](CCCCN)C(=O)O. The molecule has 0 radical (unpaired) electrons. The second-order valence-electron chi connectivity index (χ2n) is 17.1. The average molecular weight is 970 g/mol. The van der Waals surface area contributed by atoms with Gasteiger partial charge in [0.15, 0.2) is 5.96 Å². The van der Waals surface area contributed by atoms with E-state index >= 15 is 0 Å². The van der Waals surface area contributed by atoms with Crippen molar-refractivity contribution in [2.45, 2.75) is 133 Å². The molecule has 2 heterocycles. The van der Waals surface area contributed by atoms with Gasteiger partial charge in [0.05, 0.1) is 13.1 Å². The number of hydrogen-bond acceptors (Lipinski definition) is 13. The Balaban J connectivity index is 1.86. The molecule has 69 heavy (non-hydrogen) atoms. The number of aliphatic carboxylic acids is 1. The maximum atomic E-state index is 14.4. The van der Waals surface area contributed by atoms with Crippen LogP contribution in [0.5, 0.6) is 0 Å². The van der Waals surface area contributed by atoms with Crippen LogP contribution in [-0.4, -0.2) is 150 Å². The number of rotatable bonds is 32. The molecule has 24 heteroatoms. The molecule has 0 saturated carbocycles. The number of aromatic nitrogens is 1. The molecule has 20 N–H and O–H groups in total. The molecule has 0 unspecified atom stereocenters. The Morgan fingerprint density at radius 2 is 1.23 bits per heavy atom. The normalized spacial score (nSPS) is 15.7. The summed E-state index contributed by atoms with van der Waals surface area (Å²) in [7, 11) is 0. The third kappa shape index (κ3) is 19.6. The minimum Gasteiger partial charge on any atom is -0.480 e. The highest BCUT2D eigenvalue weighted by molar-refractivity contribution is 5.97. The molecule has 24 nitrogen and oxygen atoms in total. The van der Waals surface area contributed by atoms with E-state index in [0.717, 1.165) is 10.9 Å². The standard InChI is InChI=1S/C45H75N15O9/c46-19-7-3-14-32(40(64)58-34(44(68)69)16-5-9-21-48)56-42(66)35(24-28-26-53-30-13-2-1-12-29(28)30)59-41(65)33(15-4-8-20-47)57-43(67)36-18-6-10-23-60(36)38(62)27-54-39(63)31(55-37(61)25-49)17-11-22-52-45(50)51/h1-2,12-13,26,31-36,53H,3-11,14-25,27,46-49H2,(H,54,63)(H,55,61)(H,56,66)(H,57,67)(H,58,64)(H,59,65)(H,68,69)(H4,50,51,52)/t31-,32-,33-,34-,35-,36-/m0/s1. The Hall–Kier alpha value is -6.37. The van der Waals surface area contributed by atoms with Crippen LogP contribution in [0, 0.1) is 5.41 Å². The fourth-order valence-corrected chi connectivity index (χ4v) is 8.03. The first kappa shape index (κ1) is 57.0. The topological polar surface area (TPSA) is 414 Å². The van der Waals surface area contributed by atoms with Crippen LogP contribution in [-0.2, 0) is 44.8 Å². The number of amides is 7. The second-order valence-corrected chi connectivity index (χ2v) is 17.1. The number of carbonyl (C=O) groups excluding carboxylic acids is 7. The lowest BCUT2D eigenvalue weighted by molar-refractivity contribution is -0.143. The monoisotopic (exact) mass is 970 g/mol. The van der Waals surface area contributed by atoms with Gasteiger partial charge in [-0.2, -0.15) is 0 Å². The molecule has 7 amide bonds. The number of benzene rings is 1. The van der Waals surface area contributed by atoms with E-state index in [0.29, 0.717) is 83.0 Å². The van der Waals surface area contributed by atoms with Gasteiger partial charge in [-0.15, -0.1) is 0 Å². The maximum absolute atomic E-state index is 14.4. The van der Waals surface area contributed by atoms with Crippen LogP contribution in [0.15, 0.2) is 30.5 Å². The summed E-state index contributed by atoms with van der Waals surface area (Å²) < 4.78 is 0. The zero-order chi connectivity index (χ0) is 50.7. The van der Waals surface area contributed by atoms with Crippen molar-refractivity contribution in [2.24, 2.45) is 28.7 Å². The van der Waals surface area contributed by atoms with Crippen molar-refractivity contribution >= 4 is 64.2 Å². The molecule has 1 aromatic heterocycles. The third-order valence-electron chi connectivity index (χ3n) is 11.8. The quantitative estimate of drug-likeness (QED) is 0.0202. The lowest BCUT2D eigenvalue weighted by Crippen LogP contribution is -2.60. The van der Waals surface area contributed by atoms with Gasteiger partial charge in [0.1, 0.15) is 36.3 Å². The van der Waals surface area contributed by atoms with Crippen LogP contribution in [0.2, 0.25) is 0 Å². The van der Waals surface area contributed by atoms with Gasteiger partial charge < -0.3 is 80.9 Å². The van der Waals surface area contributed by atoms with Crippen molar-refractivity contribution in [3.63, 3.8) is 0 Å². The van der Waals surface area contributed by atoms with Crippen molar-refractivity contribution in [3.05, 3.63) is 36.0 Å². The summed E-state index contributed by atoms with van der Waals surface area (Å²) in [5, 5.41) is 36.6. The highest BCUT2D eigenvalue weighted by Crippen LogP contribution is 2.21. The summed E-state index contributed by atoms with van der Waals surface area (Å²) in [6.45, 7) is 0.555. The van der Waals surface area contributed by atoms with Crippen LogP contribution < -0.4 is 65.9 Å². The minimum absolute atomic E-state index is 0.0400. The van der Waals surface area contributed by atoms with Gasteiger partial charge in [-0.1, -0.05) is 18.2 Å². The molecule has 1 fully saturated rings. The van der Waals surface area contributed by atoms with Crippen molar-refractivity contribution in [1.29, 1.82) is 5.41 Å². The summed E-state index contributed by atoms with van der Waals surface area (Å²) in [5.74, 6) is -6.08. The molecule has 0 spiro atoms. The van der Waals surface area contributed by atoms with Gasteiger partial charge in [-0.25, -0.2) is 4.79 Å². The van der Waals surface area contributed by atoms with Gasteiger partial charge in [-0.3, -0.25) is 39.0 Å². The second kappa shape index (κ2) is 30.9. The van der Waals surface area contributed by atoms with Gasteiger partial charge in [0.2, 0.25) is 41.4 Å². The fraction of sp³-hybridized carbons (Fsp3) is 0.622. The van der Waals surface area contributed by atoms with E-state index in [4.69, 9.17) is 34.1 Å². The summed E-state index contributed by atoms with van der Waals surface area (Å²) >= 11 is 0. The summed E-state index contributed by atoms with van der Waals surface area (Å²) in [6, 6.07) is 0.405. The van der Waals surface area contributed by atoms with Gasteiger partial charge in [0, 0.05) is 36.6 Å². The number of nitrogens with two attached hydrogens (primary N) is 5. The molecule has 0 bridgehead atoms. The van der Waals surface area contributed by atoms with Crippen LogP contribution >= 0.6 is 0 Å². The Labute approximate surface area is 402 Å². The number of fused-ring (bicyclic) bond motifs is 1. The Kier molecular flexibility index (Phi) is 25.5. The maximum Gasteiger partial charge on any atom is 0.326 e. The Bertz CT molecular complexity index is 2020. The van der Waals surface area contributed by atoms with Crippen molar-refractivity contribution in [1.82, 2.24) is 47.1 Å². The van der Waals surface area contributed by atoms with E-state index < -0.39 is 90.1 Å². The first-order valence-electron chi connectivity index (χ1n) is 23.9. The number of carboxylic acids is 1. The number of para-hydroxylation sites is 1. The van der Waals surface area contributed by atoms with Crippen molar-refractivity contribution < 1.29 is 43.5 Å². The average Bonchev–Trinajstić information content (AvgIpc) is 3.74. The van der Waals surface area contributed by atoms with Crippen LogP contribution in [0.3, 0.4) is 0 Å². The summed E-state index contributed by atoms with van der Waals surface area (Å²) in [6.07, 6.45) is 6.84. The smallest absolute Gasteiger partial charge is 0.326 e. The number of likely N-dealkylation sites (tertiary alicyclic amines) is 1. The number of carboxylic acid groups (broad SMARTS) is 1. The number of piperidine rings is 1.